The summed E-state index contributed by atoms with van der Waals surface area (Å²) in [5.41, 5.74) is 7.83. The second-order valence-corrected chi connectivity index (χ2v) is 6.78. The number of rotatable bonds is 7. The maximum absolute atomic E-state index is 11.6. The molecule has 0 bridgehead atoms. The fourth-order valence-corrected chi connectivity index (χ4v) is 3.13. The van der Waals surface area contributed by atoms with Crippen molar-refractivity contribution in [3.8, 4) is 11.3 Å². The van der Waals surface area contributed by atoms with Gasteiger partial charge in [0.2, 0.25) is 5.91 Å². The van der Waals surface area contributed by atoms with Crippen LogP contribution in [0.15, 0.2) is 30.3 Å². The predicted octanol–water partition coefficient (Wildman–Crippen LogP) is 3.75. The zero-order chi connectivity index (χ0) is 15.9. The zero-order valence-corrected chi connectivity index (χ0v) is 16.4. The molecule has 134 valence electrons. The van der Waals surface area contributed by atoms with Crippen molar-refractivity contribution in [1.29, 1.82) is 0 Å². The minimum Gasteiger partial charge on any atom is -0.356 e. The Morgan fingerprint density at radius 1 is 1.29 bits per heavy atom. The van der Waals surface area contributed by atoms with Crippen LogP contribution in [0.4, 0.5) is 0 Å². The topological polar surface area (TPSA) is 68.0 Å². The van der Waals surface area contributed by atoms with Crippen molar-refractivity contribution in [1.82, 2.24) is 10.3 Å². The maximum atomic E-state index is 11.6. The highest BCUT2D eigenvalue weighted by Crippen LogP contribution is 2.27. The van der Waals surface area contributed by atoms with Gasteiger partial charge >= 0.3 is 0 Å². The lowest BCUT2D eigenvalue weighted by Gasteiger charge is -2.05. The molecule has 0 aliphatic heterocycles. The Balaban J connectivity index is 0.00000264. The molecule has 0 saturated heterocycles. The van der Waals surface area contributed by atoms with E-state index >= 15 is 0 Å². The van der Waals surface area contributed by atoms with E-state index in [1.54, 1.807) is 11.3 Å². The van der Waals surface area contributed by atoms with Gasteiger partial charge in [-0.25, -0.2) is 4.98 Å². The Morgan fingerprint density at radius 3 is 2.58 bits per heavy atom. The minimum absolute atomic E-state index is 0. The summed E-state index contributed by atoms with van der Waals surface area (Å²) in [5, 5.41) is 3.99. The number of nitrogens with one attached hydrogen (secondary N) is 1. The van der Waals surface area contributed by atoms with E-state index in [4.69, 9.17) is 10.7 Å². The molecule has 0 fully saturated rings. The van der Waals surface area contributed by atoms with Crippen molar-refractivity contribution >= 4 is 42.1 Å². The van der Waals surface area contributed by atoms with E-state index in [9.17, 15) is 4.79 Å². The molecule has 0 aliphatic carbocycles. The van der Waals surface area contributed by atoms with Gasteiger partial charge in [-0.3, -0.25) is 4.79 Å². The molecule has 2 aromatic rings. The number of nitrogens with zero attached hydrogens (tertiary/aromatic N) is 1. The number of aryl methyl sites for hydroxylation is 1. The van der Waals surface area contributed by atoms with Gasteiger partial charge in [0.15, 0.2) is 0 Å². The minimum atomic E-state index is 0. The van der Waals surface area contributed by atoms with Crippen LogP contribution >= 0.6 is 36.2 Å². The summed E-state index contributed by atoms with van der Waals surface area (Å²) in [6.45, 7) is 4.63. The Labute approximate surface area is 160 Å². The van der Waals surface area contributed by atoms with Gasteiger partial charge in [0.1, 0.15) is 0 Å². The highest BCUT2D eigenvalue weighted by molar-refractivity contribution is 7.12. The predicted molar refractivity (Wildman–Crippen MR) is 106 cm³/mol. The molecule has 1 aromatic carbocycles. The van der Waals surface area contributed by atoms with Gasteiger partial charge in [-0.2, -0.15) is 0 Å². The fourth-order valence-electron chi connectivity index (χ4n) is 2.18. The van der Waals surface area contributed by atoms with Crippen LogP contribution in [0.2, 0.25) is 0 Å². The SMILES string of the molecule is Cc1sc(CCNC(=O)CCC(C)N)nc1-c1ccccc1.Cl.Cl. The van der Waals surface area contributed by atoms with Crippen LogP contribution < -0.4 is 11.1 Å². The zero-order valence-electron chi connectivity index (χ0n) is 14.0. The molecule has 1 aromatic heterocycles. The lowest BCUT2D eigenvalue weighted by Crippen LogP contribution is -2.27. The summed E-state index contributed by atoms with van der Waals surface area (Å²) in [7, 11) is 0. The Morgan fingerprint density at radius 2 is 1.96 bits per heavy atom. The molecule has 0 saturated carbocycles. The molecule has 3 N–H and O–H groups in total. The van der Waals surface area contributed by atoms with E-state index in [-0.39, 0.29) is 36.8 Å². The van der Waals surface area contributed by atoms with Gasteiger partial charge in [0.25, 0.3) is 0 Å². The second-order valence-electron chi connectivity index (χ2n) is 5.49. The van der Waals surface area contributed by atoms with Gasteiger partial charge in [-0.05, 0) is 20.3 Å². The highest BCUT2D eigenvalue weighted by Gasteiger charge is 2.10. The molecule has 0 radical (unpaired) electrons. The average molecular weight is 390 g/mol. The number of benzene rings is 1. The highest BCUT2D eigenvalue weighted by atomic mass is 35.5. The molecule has 1 unspecified atom stereocenters. The first-order valence-electron chi connectivity index (χ1n) is 7.60. The van der Waals surface area contributed by atoms with Crippen molar-refractivity contribution in [2.45, 2.75) is 39.2 Å². The van der Waals surface area contributed by atoms with Crippen LogP contribution in [0.3, 0.4) is 0 Å². The number of amides is 1. The molecule has 4 nitrogen and oxygen atoms in total. The quantitative estimate of drug-likeness (QED) is 0.757. The lowest BCUT2D eigenvalue weighted by molar-refractivity contribution is -0.121. The van der Waals surface area contributed by atoms with E-state index in [0.29, 0.717) is 13.0 Å². The summed E-state index contributed by atoms with van der Waals surface area (Å²) in [4.78, 5) is 17.6. The van der Waals surface area contributed by atoms with E-state index in [1.165, 1.54) is 4.88 Å². The number of nitrogens with two attached hydrogens (primary N) is 1. The number of hydrogen-bond acceptors (Lipinski definition) is 4. The molecular weight excluding hydrogens is 365 g/mol. The summed E-state index contributed by atoms with van der Waals surface area (Å²) in [5.74, 6) is 0.0638. The first kappa shape index (κ1) is 22.9. The standard InChI is InChI=1S/C17H23N3OS.2ClH/c1-12(18)8-9-15(21)19-11-10-16-20-17(13(2)22-16)14-6-4-3-5-7-14;;/h3-7,12H,8-11,18H2,1-2H3,(H,19,21);2*1H. The van der Waals surface area contributed by atoms with E-state index < -0.39 is 0 Å². The summed E-state index contributed by atoms with van der Waals surface area (Å²) >= 11 is 1.70. The third-order valence-electron chi connectivity index (χ3n) is 3.38. The maximum Gasteiger partial charge on any atom is 0.220 e. The monoisotopic (exact) mass is 389 g/mol. The first-order chi connectivity index (χ1) is 10.6. The van der Waals surface area contributed by atoms with E-state index in [1.807, 2.05) is 25.1 Å². The number of carbonyl (C=O) groups is 1. The smallest absolute Gasteiger partial charge is 0.220 e. The largest absolute Gasteiger partial charge is 0.356 e. The number of hydrogen-bond donors (Lipinski definition) is 2. The van der Waals surface area contributed by atoms with Gasteiger partial charge in [0, 0.05) is 35.9 Å². The van der Waals surface area contributed by atoms with Crippen molar-refractivity contribution in [2.24, 2.45) is 5.73 Å². The Hall–Kier alpha value is -1.14. The third-order valence-corrected chi connectivity index (χ3v) is 4.41. The van der Waals surface area contributed by atoms with Crippen LogP contribution in [0, 0.1) is 6.92 Å². The number of carbonyl (C=O) groups excluding carboxylic acids is 1. The molecule has 0 spiro atoms. The van der Waals surface area contributed by atoms with E-state index in [0.717, 1.165) is 29.1 Å². The summed E-state index contributed by atoms with van der Waals surface area (Å²) in [6, 6.07) is 10.3. The van der Waals surface area contributed by atoms with Crippen LogP contribution in [0.5, 0.6) is 0 Å². The molecule has 1 heterocycles. The Bertz CT molecular complexity index is 618. The van der Waals surface area contributed by atoms with Gasteiger partial charge in [-0.15, -0.1) is 36.2 Å². The van der Waals surface area contributed by atoms with Crippen LogP contribution in [-0.4, -0.2) is 23.5 Å². The molecule has 24 heavy (non-hydrogen) atoms. The molecule has 1 amide bonds. The summed E-state index contributed by atoms with van der Waals surface area (Å²) in [6.07, 6.45) is 1.98. The van der Waals surface area contributed by atoms with E-state index in [2.05, 4.69) is 24.4 Å². The average Bonchev–Trinajstić information content (AvgIpc) is 2.87. The fraction of sp³-hybridized carbons (Fsp3) is 0.412. The van der Waals surface area contributed by atoms with Crippen molar-refractivity contribution in [3.05, 3.63) is 40.2 Å². The molecular formula is C17H25Cl2N3OS. The van der Waals surface area contributed by atoms with Gasteiger partial charge in [0.05, 0.1) is 10.7 Å². The first-order valence-corrected chi connectivity index (χ1v) is 8.42. The van der Waals surface area contributed by atoms with Crippen LogP contribution in [0.25, 0.3) is 11.3 Å². The summed E-state index contributed by atoms with van der Waals surface area (Å²) < 4.78 is 0. The van der Waals surface area contributed by atoms with Gasteiger partial charge < -0.3 is 11.1 Å². The molecule has 2 rings (SSSR count). The number of halogens is 2. The Kier molecular flexibility index (Phi) is 10.9. The number of thiazole rings is 1. The lowest BCUT2D eigenvalue weighted by atomic mass is 10.1. The van der Waals surface area contributed by atoms with Crippen molar-refractivity contribution < 1.29 is 4.79 Å². The molecule has 1 atom stereocenters. The van der Waals surface area contributed by atoms with Crippen LogP contribution in [-0.2, 0) is 11.2 Å². The second kappa shape index (κ2) is 11.4. The van der Waals surface area contributed by atoms with Gasteiger partial charge in [-0.1, -0.05) is 30.3 Å². The number of aromatic nitrogens is 1. The van der Waals surface area contributed by atoms with Crippen LogP contribution in [0.1, 0.15) is 29.7 Å². The van der Waals surface area contributed by atoms with Crippen molar-refractivity contribution in [3.63, 3.8) is 0 Å². The molecule has 0 aliphatic rings. The normalized spacial score (nSPS) is 11.1. The van der Waals surface area contributed by atoms with Crippen molar-refractivity contribution in [2.75, 3.05) is 6.54 Å². The third kappa shape index (κ3) is 7.18. The molecule has 7 heteroatoms.